The Labute approximate surface area is 170 Å². The average molecular weight is 460 g/mol. The predicted octanol–water partition coefficient (Wildman–Crippen LogP) is 4.07. The molecule has 0 saturated heterocycles. The SMILES string of the molecule is O=C(Nc1ncc(S(=O)(=O)c2ccc([N+](=O)[O-])cc2)s1)c1cc(F)c(F)cc1Cl. The summed E-state index contributed by atoms with van der Waals surface area (Å²) in [6, 6.07) is 5.48. The number of rotatable bonds is 5. The van der Waals surface area contributed by atoms with Crippen LogP contribution in [0.15, 0.2) is 51.7 Å². The smallest absolute Gasteiger partial charge is 0.269 e. The highest BCUT2D eigenvalue weighted by Gasteiger charge is 2.23. The Bertz CT molecular complexity index is 1230. The van der Waals surface area contributed by atoms with Crippen LogP contribution in [-0.2, 0) is 9.84 Å². The van der Waals surface area contributed by atoms with Crippen molar-refractivity contribution in [3.05, 3.63) is 74.9 Å². The van der Waals surface area contributed by atoms with Gasteiger partial charge in [-0.15, -0.1) is 0 Å². The number of halogens is 3. The second-order valence-corrected chi connectivity index (χ2v) is 9.05. The zero-order chi connectivity index (χ0) is 21.3. The number of hydrogen-bond acceptors (Lipinski definition) is 7. The second kappa shape index (κ2) is 7.81. The zero-order valence-electron chi connectivity index (χ0n) is 13.9. The third kappa shape index (κ3) is 4.23. The van der Waals surface area contributed by atoms with Crippen molar-refractivity contribution in [1.82, 2.24) is 4.98 Å². The number of hydrogen-bond donors (Lipinski definition) is 1. The van der Waals surface area contributed by atoms with Gasteiger partial charge >= 0.3 is 0 Å². The number of nitrogens with one attached hydrogen (secondary N) is 1. The standard InChI is InChI=1S/C16H8ClF2N3O5S2/c17-11-6-13(19)12(18)5-10(11)15(23)21-16-20-7-14(28-16)29(26,27)9-3-1-8(2-4-9)22(24)25/h1-7H,(H,20,21,23). The maximum atomic E-state index is 13.3. The Morgan fingerprint density at radius 1 is 1.17 bits per heavy atom. The summed E-state index contributed by atoms with van der Waals surface area (Å²) < 4.78 is 51.4. The molecule has 0 aliphatic rings. The number of nitro groups is 1. The highest BCUT2D eigenvalue weighted by molar-refractivity contribution is 7.93. The fourth-order valence-electron chi connectivity index (χ4n) is 2.17. The molecule has 150 valence electrons. The van der Waals surface area contributed by atoms with E-state index in [2.05, 4.69) is 10.3 Å². The van der Waals surface area contributed by atoms with Gasteiger partial charge < -0.3 is 0 Å². The van der Waals surface area contributed by atoms with Crippen LogP contribution in [0.2, 0.25) is 5.02 Å². The van der Waals surface area contributed by atoms with Crippen molar-refractivity contribution in [2.45, 2.75) is 9.10 Å². The molecule has 8 nitrogen and oxygen atoms in total. The molecular formula is C16H8ClF2N3O5S2. The maximum absolute atomic E-state index is 13.3. The molecule has 0 saturated carbocycles. The van der Waals surface area contributed by atoms with Gasteiger partial charge in [0.05, 0.1) is 26.6 Å². The number of carbonyl (C=O) groups is 1. The van der Waals surface area contributed by atoms with Gasteiger partial charge in [-0.1, -0.05) is 22.9 Å². The molecule has 3 aromatic rings. The molecule has 0 radical (unpaired) electrons. The van der Waals surface area contributed by atoms with E-state index in [0.717, 1.165) is 30.5 Å². The van der Waals surface area contributed by atoms with E-state index in [4.69, 9.17) is 11.6 Å². The lowest BCUT2D eigenvalue weighted by Crippen LogP contribution is -2.13. The number of nitro benzene ring substituents is 1. The van der Waals surface area contributed by atoms with Crippen LogP contribution in [0.1, 0.15) is 10.4 Å². The zero-order valence-corrected chi connectivity index (χ0v) is 16.3. The van der Waals surface area contributed by atoms with E-state index in [9.17, 15) is 32.1 Å². The Balaban J connectivity index is 1.84. The first-order valence-corrected chi connectivity index (χ1v) is 10.2. The molecule has 0 aliphatic heterocycles. The van der Waals surface area contributed by atoms with Gasteiger partial charge in [-0.2, -0.15) is 0 Å². The first-order chi connectivity index (χ1) is 13.6. The van der Waals surface area contributed by atoms with Crippen LogP contribution in [0.4, 0.5) is 19.6 Å². The van der Waals surface area contributed by atoms with Gasteiger partial charge in [0.2, 0.25) is 9.84 Å². The minimum Gasteiger partial charge on any atom is -0.298 e. The second-order valence-electron chi connectivity index (χ2n) is 5.44. The van der Waals surface area contributed by atoms with Crippen molar-refractivity contribution in [2.75, 3.05) is 5.32 Å². The van der Waals surface area contributed by atoms with Gasteiger partial charge in [0.15, 0.2) is 16.8 Å². The number of nitrogens with zero attached hydrogens (tertiary/aromatic N) is 2. The molecule has 0 bridgehead atoms. The number of aromatic nitrogens is 1. The van der Waals surface area contributed by atoms with Gasteiger partial charge in [-0.25, -0.2) is 22.2 Å². The topological polar surface area (TPSA) is 119 Å². The summed E-state index contributed by atoms with van der Waals surface area (Å²) in [7, 11) is -4.04. The maximum Gasteiger partial charge on any atom is 0.269 e. The van der Waals surface area contributed by atoms with Crippen molar-refractivity contribution in [3.63, 3.8) is 0 Å². The number of carbonyl (C=O) groups excluding carboxylic acids is 1. The molecule has 1 amide bonds. The molecule has 0 fully saturated rings. The lowest BCUT2D eigenvalue weighted by atomic mass is 10.2. The first-order valence-electron chi connectivity index (χ1n) is 7.51. The van der Waals surface area contributed by atoms with Gasteiger partial charge in [0, 0.05) is 12.1 Å². The number of benzene rings is 2. The lowest BCUT2D eigenvalue weighted by molar-refractivity contribution is -0.384. The van der Waals surface area contributed by atoms with Gasteiger partial charge in [-0.3, -0.25) is 20.2 Å². The van der Waals surface area contributed by atoms with Crippen molar-refractivity contribution in [3.8, 4) is 0 Å². The molecule has 1 N–H and O–H groups in total. The summed E-state index contributed by atoms with van der Waals surface area (Å²) in [5.41, 5.74) is -0.634. The van der Waals surface area contributed by atoms with Gasteiger partial charge in [-0.05, 0) is 24.3 Å². The Hall–Kier alpha value is -2.96. The van der Waals surface area contributed by atoms with E-state index in [1.54, 1.807) is 0 Å². The lowest BCUT2D eigenvalue weighted by Gasteiger charge is -2.05. The summed E-state index contributed by atoms with van der Waals surface area (Å²) in [4.78, 5) is 25.8. The highest BCUT2D eigenvalue weighted by Crippen LogP contribution is 2.30. The molecule has 13 heteroatoms. The van der Waals surface area contributed by atoms with Crippen LogP contribution in [-0.4, -0.2) is 24.2 Å². The van der Waals surface area contributed by atoms with E-state index in [1.165, 1.54) is 0 Å². The molecule has 0 spiro atoms. The van der Waals surface area contributed by atoms with Crippen molar-refractivity contribution >= 4 is 49.5 Å². The Morgan fingerprint density at radius 3 is 2.41 bits per heavy atom. The van der Waals surface area contributed by atoms with Gasteiger partial charge in [0.25, 0.3) is 11.6 Å². The number of anilines is 1. The van der Waals surface area contributed by atoms with Crippen LogP contribution >= 0.6 is 22.9 Å². The van der Waals surface area contributed by atoms with E-state index >= 15 is 0 Å². The fourth-order valence-corrected chi connectivity index (χ4v) is 4.83. The third-order valence-electron chi connectivity index (χ3n) is 3.58. The molecule has 2 aromatic carbocycles. The molecule has 0 unspecified atom stereocenters. The normalized spacial score (nSPS) is 11.3. The Kier molecular flexibility index (Phi) is 5.59. The summed E-state index contributed by atoms with van der Waals surface area (Å²) in [5, 5.41) is 12.5. The molecular weight excluding hydrogens is 452 g/mol. The minimum atomic E-state index is -4.04. The van der Waals surface area contributed by atoms with Crippen LogP contribution in [0, 0.1) is 21.7 Å². The first kappa shape index (κ1) is 20.8. The molecule has 0 atom stereocenters. The molecule has 0 aliphatic carbocycles. The van der Waals surface area contributed by atoms with Crippen LogP contribution in [0.5, 0.6) is 0 Å². The summed E-state index contributed by atoms with van der Waals surface area (Å²) in [5.74, 6) is -3.42. The van der Waals surface area contributed by atoms with E-state index in [0.29, 0.717) is 23.5 Å². The van der Waals surface area contributed by atoms with Crippen LogP contribution in [0.3, 0.4) is 0 Å². The molecule has 1 aromatic heterocycles. The number of non-ortho nitro benzene ring substituents is 1. The quantitative estimate of drug-likeness (QED) is 0.349. The molecule has 29 heavy (non-hydrogen) atoms. The number of thiazole rings is 1. The van der Waals surface area contributed by atoms with Crippen molar-refractivity contribution in [1.29, 1.82) is 0 Å². The van der Waals surface area contributed by atoms with E-state index in [-0.39, 0.29) is 30.5 Å². The Morgan fingerprint density at radius 2 is 1.79 bits per heavy atom. The predicted molar refractivity (Wildman–Crippen MR) is 100.0 cm³/mol. The van der Waals surface area contributed by atoms with E-state index in [1.807, 2.05) is 0 Å². The van der Waals surface area contributed by atoms with Crippen molar-refractivity contribution in [2.24, 2.45) is 0 Å². The summed E-state index contributed by atoms with van der Waals surface area (Å²) in [6.45, 7) is 0. The van der Waals surface area contributed by atoms with Crippen LogP contribution < -0.4 is 5.32 Å². The molecule has 1 heterocycles. The molecule has 3 rings (SSSR count). The fraction of sp³-hybridized carbons (Fsp3) is 0. The third-order valence-corrected chi connectivity index (χ3v) is 7.04. The summed E-state index contributed by atoms with van der Waals surface area (Å²) in [6.07, 6.45) is 0.990. The highest BCUT2D eigenvalue weighted by atomic mass is 35.5. The average Bonchev–Trinajstić information content (AvgIpc) is 3.14. The van der Waals surface area contributed by atoms with Crippen molar-refractivity contribution < 1.29 is 26.9 Å². The van der Waals surface area contributed by atoms with Gasteiger partial charge in [0.1, 0.15) is 4.21 Å². The van der Waals surface area contributed by atoms with E-state index < -0.39 is 32.3 Å². The van der Waals surface area contributed by atoms with Crippen LogP contribution in [0.25, 0.3) is 0 Å². The number of sulfone groups is 1. The minimum absolute atomic E-state index is 0.128. The monoisotopic (exact) mass is 459 g/mol. The largest absolute Gasteiger partial charge is 0.298 e. The number of amides is 1. The summed E-state index contributed by atoms with van der Waals surface area (Å²) >= 11 is 6.33.